The van der Waals surface area contributed by atoms with Crippen molar-refractivity contribution >= 4 is 28.3 Å². The number of aldehydes is 1. The highest BCUT2D eigenvalue weighted by molar-refractivity contribution is 9.10. The quantitative estimate of drug-likeness (QED) is 0.685. The van der Waals surface area contributed by atoms with Crippen molar-refractivity contribution in [2.45, 2.75) is 12.3 Å². The number of carbonyl (C=O) groups excluding carboxylic acids is 1. The molecule has 1 atom stereocenters. The number of allylic oxidation sites excluding steroid dienone is 1. The summed E-state index contributed by atoms with van der Waals surface area (Å²) in [5.74, 6) is 0.0394. The minimum Gasteiger partial charge on any atom is -0.303 e. The molecule has 0 fully saturated rings. The van der Waals surface area contributed by atoms with Crippen LogP contribution in [0.15, 0.2) is 28.7 Å². The summed E-state index contributed by atoms with van der Waals surface area (Å²) in [6, 6.07) is 6.06. The minimum atomic E-state index is 0.0394. The molecule has 0 saturated heterocycles. The molecule has 2 heteroatoms. The van der Waals surface area contributed by atoms with E-state index in [1.54, 1.807) is 0 Å². The van der Waals surface area contributed by atoms with Crippen molar-refractivity contribution in [3.8, 4) is 0 Å². The van der Waals surface area contributed by atoms with Crippen LogP contribution in [0.5, 0.6) is 0 Å². The molecule has 0 N–H and O–H groups in total. The Bertz CT molecular complexity index is 368. The number of fused-ring (bicyclic) bond motifs is 1. The summed E-state index contributed by atoms with van der Waals surface area (Å²) in [5, 5.41) is 0. The molecule has 0 heterocycles. The van der Waals surface area contributed by atoms with E-state index in [2.05, 4.69) is 28.1 Å². The lowest BCUT2D eigenvalue weighted by Gasteiger charge is -2.16. The first-order valence-corrected chi connectivity index (χ1v) is 5.02. The van der Waals surface area contributed by atoms with Crippen LogP contribution >= 0.6 is 15.9 Å². The molecule has 1 aliphatic rings. The van der Waals surface area contributed by atoms with Crippen LogP contribution in [-0.4, -0.2) is 6.29 Å². The number of benzene rings is 1. The van der Waals surface area contributed by atoms with Crippen molar-refractivity contribution in [1.82, 2.24) is 0 Å². The summed E-state index contributed by atoms with van der Waals surface area (Å²) >= 11 is 3.41. The maximum absolute atomic E-state index is 10.8. The molecule has 0 saturated carbocycles. The third-order valence-electron chi connectivity index (χ3n) is 2.30. The van der Waals surface area contributed by atoms with Gasteiger partial charge in [0.15, 0.2) is 0 Å². The number of rotatable bonds is 1. The molecule has 2 rings (SSSR count). The number of halogens is 1. The lowest BCUT2D eigenvalue weighted by Crippen LogP contribution is -2.04. The fourth-order valence-electron chi connectivity index (χ4n) is 1.62. The van der Waals surface area contributed by atoms with Crippen LogP contribution < -0.4 is 0 Å². The van der Waals surface area contributed by atoms with Crippen LogP contribution in [0.25, 0.3) is 6.08 Å². The van der Waals surface area contributed by atoms with E-state index >= 15 is 0 Å². The van der Waals surface area contributed by atoms with Gasteiger partial charge in [-0.2, -0.15) is 0 Å². The van der Waals surface area contributed by atoms with Gasteiger partial charge in [-0.1, -0.05) is 34.1 Å². The lowest BCUT2D eigenvalue weighted by molar-refractivity contribution is -0.109. The van der Waals surface area contributed by atoms with E-state index in [0.717, 1.165) is 28.3 Å². The minimum absolute atomic E-state index is 0.0394. The zero-order chi connectivity index (χ0) is 9.26. The second-order valence-corrected chi connectivity index (χ2v) is 4.07. The van der Waals surface area contributed by atoms with Crippen LogP contribution in [0.3, 0.4) is 0 Å². The largest absolute Gasteiger partial charge is 0.303 e. The van der Waals surface area contributed by atoms with Crippen molar-refractivity contribution in [3.63, 3.8) is 0 Å². The SMILES string of the molecule is O=CC1CC=Cc2ccc(Br)cc21. The highest BCUT2D eigenvalue weighted by Gasteiger charge is 2.15. The summed E-state index contributed by atoms with van der Waals surface area (Å²) in [4.78, 5) is 10.8. The zero-order valence-electron chi connectivity index (χ0n) is 7.03. The Balaban J connectivity index is 2.54. The fraction of sp³-hybridized carbons (Fsp3) is 0.182. The molecule has 1 aromatic rings. The molecule has 1 aromatic carbocycles. The first-order valence-electron chi connectivity index (χ1n) is 4.22. The Hall–Kier alpha value is -0.890. The standard InChI is InChI=1S/C11H9BrO/c12-10-5-4-8-2-1-3-9(7-13)11(8)6-10/h1-2,4-7,9H,3H2. The van der Waals surface area contributed by atoms with Crippen LogP contribution in [0.4, 0.5) is 0 Å². The van der Waals surface area contributed by atoms with Gasteiger partial charge in [0.1, 0.15) is 6.29 Å². The zero-order valence-corrected chi connectivity index (χ0v) is 8.62. The molecule has 0 amide bonds. The van der Waals surface area contributed by atoms with Gasteiger partial charge in [-0.05, 0) is 29.7 Å². The predicted molar refractivity (Wildman–Crippen MR) is 56.6 cm³/mol. The molecule has 0 bridgehead atoms. The van der Waals surface area contributed by atoms with Crippen molar-refractivity contribution in [3.05, 3.63) is 39.9 Å². The molecule has 1 aliphatic carbocycles. The van der Waals surface area contributed by atoms with E-state index in [-0.39, 0.29) is 5.92 Å². The molecule has 1 nitrogen and oxygen atoms in total. The van der Waals surface area contributed by atoms with Crippen molar-refractivity contribution in [1.29, 1.82) is 0 Å². The van der Waals surface area contributed by atoms with Gasteiger partial charge >= 0.3 is 0 Å². The summed E-state index contributed by atoms with van der Waals surface area (Å²) in [6.45, 7) is 0. The normalized spacial score (nSPS) is 19.6. The Morgan fingerprint density at radius 2 is 2.31 bits per heavy atom. The third kappa shape index (κ3) is 1.59. The van der Waals surface area contributed by atoms with Crippen LogP contribution in [0.1, 0.15) is 23.5 Å². The molecule has 1 unspecified atom stereocenters. The Morgan fingerprint density at radius 1 is 1.46 bits per heavy atom. The summed E-state index contributed by atoms with van der Waals surface area (Å²) in [5.41, 5.74) is 2.29. The first-order chi connectivity index (χ1) is 6.31. The highest BCUT2D eigenvalue weighted by Crippen LogP contribution is 2.30. The second-order valence-electron chi connectivity index (χ2n) is 3.15. The van der Waals surface area contributed by atoms with Crippen LogP contribution in [0.2, 0.25) is 0 Å². The van der Waals surface area contributed by atoms with Crippen LogP contribution in [-0.2, 0) is 4.79 Å². The van der Waals surface area contributed by atoms with Crippen molar-refractivity contribution in [2.24, 2.45) is 0 Å². The number of carbonyl (C=O) groups is 1. The summed E-state index contributed by atoms with van der Waals surface area (Å²) < 4.78 is 1.04. The van der Waals surface area contributed by atoms with E-state index in [1.165, 1.54) is 0 Å². The average Bonchev–Trinajstić information content (AvgIpc) is 2.17. The maximum Gasteiger partial charge on any atom is 0.127 e. The summed E-state index contributed by atoms with van der Waals surface area (Å²) in [6.07, 6.45) is 5.97. The Morgan fingerprint density at radius 3 is 3.08 bits per heavy atom. The van der Waals surface area contributed by atoms with E-state index in [9.17, 15) is 4.79 Å². The van der Waals surface area contributed by atoms with E-state index in [0.29, 0.717) is 0 Å². The Labute approximate surface area is 85.6 Å². The average molecular weight is 237 g/mol. The van der Waals surface area contributed by atoms with Gasteiger partial charge in [0.2, 0.25) is 0 Å². The molecular formula is C11H9BrO. The highest BCUT2D eigenvalue weighted by atomic mass is 79.9. The topological polar surface area (TPSA) is 17.1 Å². The fourth-order valence-corrected chi connectivity index (χ4v) is 1.99. The van der Waals surface area contributed by atoms with Crippen molar-refractivity contribution < 1.29 is 4.79 Å². The number of hydrogen-bond acceptors (Lipinski definition) is 1. The molecule has 13 heavy (non-hydrogen) atoms. The van der Waals surface area contributed by atoms with Gasteiger partial charge in [0.05, 0.1) is 0 Å². The first kappa shape index (κ1) is 8.70. The Kier molecular flexibility index (Phi) is 2.32. The van der Waals surface area contributed by atoms with Gasteiger partial charge in [-0.3, -0.25) is 0 Å². The monoisotopic (exact) mass is 236 g/mol. The molecule has 66 valence electrons. The van der Waals surface area contributed by atoms with E-state index < -0.39 is 0 Å². The molecule has 0 spiro atoms. The van der Waals surface area contributed by atoms with Gasteiger partial charge in [-0.25, -0.2) is 0 Å². The molecular weight excluding hydrogens is 228 g/mol. The second kappa shape index (κ2) is 3.46. The summed E-state index contributed by atoms with van der Waals surface area (Å²) in [7, 11) is 0. The van der Waals surface area contributed by atoms with Gasteiger partial charge in [0.25, 0.3) is 0 Å². The molecule has 0 aliphatic heterocycles. The van der Waals surface area contributed by atoms with Gasteiger partial charge in [-0.15, -0.1) is 0 Å². The van der Waals surface area contributed by atoms with E-state index in [4.69, 9.17) is 0 Å². The predicted octanol–water partition coefficient (Wildman–Crippen LogP) is 3.15. The van der Waals surface area contributed by atoms with Crippen LogP contribution in [0, 0.1) is 0 Å². The molecule has 0 aromatic heterocycles. The number of hydrogen-bond donors (Lipinski definition) is 0. The lowest BCUT2D eigenvalue weighted by atomic mass is 9.88. The molecule has 0 radical (unpaired) electrons. The van der Waals surface area contributed by atoms with E-state index in [1.807, 2.05) is 18.2 Å². The maximum atomic E-state index is 10.8. The van der Waals surface area contributed by atoms with Gasteiger partial charge < -0.3 is 4.79 Å². The smallest absolute Gasteiger partial charge is 0.127 e. The van der Waals surface area contributed by atoms with Gasteiger partial charge in [0, 0.05) is 10.4 Å². The van der Waals surface area contributed by atoms with Crippen molar-refractivity contribution in [2.75, 3.05) is 0 Å². The third-order valence-corrected chi connectivity index (χ3v) is 2.79.